The van der Waals surface area contributed by atoms with Crippen LogP contribution in [0.5, 0.6) is 0 Å². The lowest BCUT2D eigenvalue weighted by atomic mass is 10.1. The predicted octanol–water partition coefficient (Wildman–Crippen LogP) is 2.49. The number of rotatable bonds is 6. The lowest BCUT2D eigenvalue weighted by Crippen LogP contribution is -2.30. The summed E-state index contributed by atoms with van der Waals surface area (Å²) in [5.41, 5.74) is 6.42. The van der Waals surface area contributed by atoms with E-state index in [0.717, 1.165) is 6.42 Å². The smallest absolute Gasteiger partial charge is 0.253 e. The molecule has 0 spiro atoms. The average Bonchev–Trinajstić information content (AvgIpc) is 3.27. The van der Waals surface area contributed by atoms with Crippen LogP contribution in [-0.4, -0.2) is 24.9 Å². The molecule has 1 aliphatic carbocycles. The number of benzene rings is 1. The van der Waals surface area contributed by atoms with Crippen molar-refractivity contribution in [3.63, 3.8) is 0 Å². The number of nitrogens with two attached hydrogens (primary N) is 1. The van der Waals surface area contributed by atoms with Crippen LogP contribution in [0.25, 0.3) is 0 Å². The van der Waals surface area contributed by atoms with Gasteiger partial charge in [-0.2, -0.15) is 0 Å². The molecule has 126 valence electrons. The molecule has 0 saturated heterocycles. The minimum Gasteiger partial charge on any atom is -0.351 e. The van der Waals surface area contributed by atoms with Crippen molar-refractivity contribution < 1.29 is 9.59 Å². The van der Waals surface area contributed by atoms with Gasteiger partial charge in [-0.3, -0.25) is 9.59 Å². The van der Waals surface area contributed by atoms with E-state index in [1.807, 2.05) is 6.07 Å². The Morgan fingerprint density at radius 1 is 1.25 bits per heavy atom. The Morgan fingerprint density at radius 2 is 2.04 bits per heavy atom. The van der Waals surface area contributed by atoms with Crippen LogP contribution < -0.4 is 16.4 Å². The van der Waals surface area contributed by atoms with Crippen LogP contribution in [0, 0.1) is 12.8 Å². The average molecular weight is 343 g/mol. The van der Waals surface area contributed by atoms with Gasteiger partial charge in [0, 0.05) is 34.7 Å². The van der Waals surface area contributed by atoms with Gasteiger partial charge in [0.25, 0.3) is 5.91 Å². The quantitative estimate of drug-likeness (QED) is 0.753. The minimum atomic E-state index is -0.224. The molecule has 1 aromatic heterocycles. The van der Waals surface area contributed by atoms with E-state index in [0.29, 0.717) is 30.3 Å². The molecule has 2 amide bonds. The summed E-state index contributed by atoms with van der Waals surface area (Å²) in [5.74, 6) is 0.0489. The number of hydrogen-bond donors (Lipinski definition) is 3. The maximum atomic E-state index is 12.5. The van der Waals surface area contributed by atoms with Gasteiger partial charge in [0.1, 0.15) is 0 Å². The lowest BCUT2D eigenvalue weighted by molar-refractivity contribution is -0.117. The number of anilines is 1. The molecule has 1 fully saturated rings. The molecule has 2 unspecified atom stereocenters. The van der Waals surface area contributed by atoms with Crippen LogP contribution in [0.4, 0.5) is 5.69 Å². The highest BCUT2D eigenvalue weighted by Gasteiger charge is 2.44. The van der Waals surface area contributed by atoms with Crippen molar-refractivity contribution in [2.45, 2.75) is 19.3 Å². The number of aryl methyl sites for hydroxylation is 1. The SMILES string of the molecule is Cc1ccc(C2CC2C(=O)Nc2ccccc2C(=O)NCCN)s1. The van der Waals surface area contributed by atoms with Gasteiger partial charge in [-0.1, -0.05) is 12.1 Å². The summed E-state index contributed by atoms with van der Waals surface area (Å²) in [7, 11) is 0. The molecule has 24 heavy (non-hydrogen) atoms. The maximum Gasteiger partial charge on any atom is 0.253 e. The summed E-state index contributed by atoms with van der Waals surface area (Å²) in [5, 5.41) is 5.64. The highest BCUT2D eigenvalue weighted by molar-refractivity contribution is 7.12. The Bertz CT molecular complexity index is 756. The zero-order valence-corrected chi connectivity index (χ0v) is 14.4. The first-order chi connectivity index (χ1) is 11.6. The number of amides is 2. The highest BCUT2D eigenvalue weighted by atomic mass is 32.1. The van der Waals surface area contributed by atoms with Gasteiger partial charge in [0.15, 0.2) is 0 Å². The number of para-hydroxylation sites is 1. The second-order valence-corrected chi connectivity index (χ2v) is 7.30. The fraction of sp³-hybridized carbons (Fsp3) is 0.333. The molecular weight excluding hydrogens is 322 g/mol. The van der Waals surface area contributed by atoms with Crippen LogP contribution in [0.1, 0.15) is 32.5 Å². The van der Waals surface area contributed by atoms with E-state index in [-0.39, 0.29) is 17.7 Å². The Balaban J connectivity index is 1.66. The third-order valence-corrected chi connectivity index (χ3v) is 5.25. The zero-order chi connectivity index (χ0) is 17.1. The minimum absolute atomic E-state index is 0.0109. The number of hydrogen-bond acceptors (Lipinski definition) is 4. The molecule has 2 atom stereocenters. The van der Waals surface area contributed by atoms with Crippen molar-refractivity contribution in [1.82, 2.24) is 5.32 Å². The first-order valence-electron chi connectivity index (χ1n) is 8.04. The summed E-state index contributed by atoms with van der Waals surface area (Å²) in [6.07, 6.45) is 0.868. The van der Waals surface area contributed by atoms with Crippen molar-refractivity contribution in [3.05, 3.63) is 51.7 Å². The lowest BCUT2D eigenvalue weighted by Gasteiger charge is -2.11. The highest BCUT2D eigenvalue weighted by Crippen LogP contribution is 2.50. The first-order valence-corrected chi connectivity index (χ1v) is 8.86. The van der Waals surface area contributed by atoms with E-state index in [1.165, 1.54) is 9.75 Å². The van der Waals surface area contributed by atoms with Crippen LogP contribution in [0.3, 0.4) is 0 Å². The molecule has 6 heteroatoms. The van der Waals surface area contributed by atoms with Crippen molar-refractivity contribution >= 4 is 28.8 Å². The topological polar surface area (TPSA) is 84.2 Å². The Labute approximate surface area is 145 Å². The number of nitrogens with one attached hydrogen (secondary N) is 2. The summed E-state index contributed by atoms with van der Waals surface area (Å²) in [6.45, 7) is 2.86. The molecular formula is C18H21N3O2S. The van der Waals surface area contributed by atoms with Gasteiger partial charge in [0.2, 0.25) is 5.91 Å². The molecule has 1 saturated carbocycles. The van der Waals surface area contributed by atoms with Crippen LogP contribution >= 0.6 is 11.3 Å². The summed E-state index contributed by atoms with van der Waals surface area (Å²) >= 11 is 1.75. The molecule has 1 aromatic carbocycles. The fourth-order valence-corrected chi connectivity index (χ4v) is 3.80. The van der Waals surface area contributed by atoms with Crippen LogP contribution in [-0.2, 0) is 4.79 Å². The van der Waals surface area contributed by atoms with Gasteiger partial charge in [-0.15, -0.1) is 11.3 Å². The van der Waals surface area contributed by atoms with E-state index in [4.69, 9.17) is 5.73 Å². The second-order valence-electron chi connectivity index (χ2n) is 5.98. The fourth-order valence-electron chi connectivity index (χ4n) is 2.75. The third kappa shape index (κ3) is 3.66. The second kappa shape index (κ2) is 7.15. The molecule has 2 aromatic rings. The Morgan fingerprint density at radius 3 is 2.75 bits per heavy atom. The van der Waals surface area contributed by atoms with E-state index < -0.39 is 0 Å². The van der Waals surface area contributed by atoms with E-state index in [2.05, 4.69) is 29.7 Å². The molecule has 1 aliphatic rings. The van der Waals surface area contributed by atoms with Crippen molar-refractivity contribution in [1.29, 1.82) is 0 Å². The molecule has 4 N–H and O–H groups in total. The van der Waals surface area contributed by atoms with E-state index >= 15 is 0 Å². The largest absolute Gasteiger partial charge is 0.351 e. The number of thiophene rings is 1. The summed E-state index contributed by atoms with van der Waals surface area (Å²) < 4.78 is 0. The Hall–Kier alpha value is -2.18. The number of carbonyl (C=O) groups is 2. The molecule has 0 bridgehead atoms. The van der Waals surface area contributed by atoms with Crippen molar-refractivity contribution in [3.8, 4) is 0 Å². The predicted molar refractivity (Wildman–Crippen MR) is 96.4 cm³/mol. The molecule has 0 radical (unpaired) electrons. The van der Waals surface area contributed by atoms with Crippen LogP contribution in [0.15, 0.2) is 36.4 Å². The van der Waals surface area contributed by atoms with E-state index in [9.17, 15) is 9.59 Å². The Kier molecular flexibility index (Phi) is 4.97. The van der Waals surface area contributed by atoms with Gasteiger partial charge in [-0.05, 0) is 37.6 Å². The van der Waals surface area contributed by atoms with Gasteiger partial charge < -0.3 is 16.4 Å². The molecule has 1 heterocycles. The molecule has 3 rings (SSSR count). The zero-order valence-electron chi connectivity index (χ0n) is 13.5. The van der Waals surface area contributed by atoms with Gasteiger partial charge in [-0.25, -0.2) is 0 Å². The number of carbonyl (C=O) groups excluding carboxylic acids is 2. The standard InChI is InChI=1S/C18H21N3O2S/c1-11-6-7-16(24-11)13-10-14(13)18(23)21-15-5-3-2-4-12(15)17(22)20-9-8-19/h2-7,13-14H,8-10,19H2,1H3,(H,20,22)(H,21,23). The normalized spacial score (nSPS) is 18.9. The van der Waals surface area contributed by atoms with E-state index in [1.54, 1.807) is 29.5 Å². The summed E-state index contributed by atoms with van der Waals surface area (Å²) in [6, 6.07) is 11.2. The maximum absolute atomic E-state index is 12.5. The monoisotopic (exact) mass is 343 g/mol. The molecule has 5 nitrogen and oxygen atoms in total. The van der Waals surface area contributed by atoms with Crippen molar-refractivity contribution in [2.75, 3.05) is 18.4 Å². The molecule has 0 aliphatic heterocycles. The summed E-state index contributed by atoms with van der Waals surface area (Å²) in [4.78, 5) is 27.2. The third-order valence-electron chi connectivity index (χ3n) is 4.11. The van der Waals surface area contributed by atoms with Gasteiger partial charge >= 0.3 is 0 Å². The van der Waals surface area contributed by atoms with Gasteiger partial charge in [0.05, 0.1) is 11.3 Å². The van der Waals surface area contributed by atoms with Crippen LogP contribution in [0.2, 0.25) is 0 Å². The first kappa shape index (κ1) is 16.7. The van der Waals surface area contributed by atoms with Crippen molar-refractivity contribution in [2.24, 2.45) is 11.7 Å².